The van der Waals surface area contributed by atoms with Gasteiger partial charge in [0.05, 0.1) is 24.4 Å². The van der Waals surface area contributed by atoms with E-state index >= 15 is 0 Å². The lowest BCUT2D eigenvalue weighted by Gasteiger charge is -2.50. The Morgan fingerprint density at radius 1 is 1.26 bits per heavy atom. The van der Waals surface area contributed by atoms with Crippen molar-refractivity contribution in [3.63, 3.8) is 0 Å². The molecule has 1 aliphatic carbocycles. The van der Waals surface area contributed by atoms with Gasteiger partial charge in [-0.3, -0.25) is 4.79 Å². The van der Waals surface area contributed by atoms with Crippen LogP contribution in [0.5, 0.6) is 0 Å². The van der Waals surface area contributed by atoms with Crippen molar-refractivity contribution in [2.75, 3.05) is 20.3 Å². The lowest BCUT2D eigenvalue weighted by atomic mass is 9.60. The van der Waals surface area contributed by atoms with Gasteiger partial charge in [0, 0.05) is 12.0 Å². The maximum atomic E-state index is 12.6. The Bertz CT molecular complexity index is 879. The largest absolute Gasteiger partial charge is 0.471 e. The molecule has 1 heterocycles. The molecule has 0 radical (unpaired) electrons. The average molecular weight is 430 g/mol. The first kappa shape index (κ1) is 23.0. The van der Waals surface area contributed by atoms with Crippen molar-refractivity contribution in [2.24, 2.45) is 16.6 Å². The minimum absolute atomic E-state index is 0.0504. The standard InChI is InChI=1S/C24H31NO6/c1-5-29-22-24(3)17(11-12-23(24,2)18(15-31-22)20(26)28-4)14-30-21(27)19(25)13-16-9-7-6-8-10-16/h6-11,15,19,22H,5,12-14,25H2,1-4H3/t19-,22+,23+,24-/m0/s1. The highest BCUT2D eigenvalue weighted by atomic mass is 16.7. The highest BCUT2D eigenvalue weighted by Crippen LogP contribution is 2.61. The summed E-state index contributed by atoms with van der Waals surface area (Å²) in [4.78, 5) is 25.0. The van der Waals surface area contributed by atoms with Gasteiger partial charge in [-0.25, -0.2) is 4.79 Å². The maximum absolute atomic E-state index is 12.6. The van der Waals surface area contributed by atoms with Crippen LogP contribution in [0.3, 0.4) is 0 Å². The second kappa shape index (κ2) is 9.24. The van der Waals surface area contributed by atoms with Crippen LogP contribution in [-0.4, -0.2) is 44.6 Å². The van der Waals surface area contributed by atoms with E-state index < -0.39 is 35.1 Å². The molecule has 1 aromatic rings. The highest BCUT2D eigenvalue weighted by Gasteiger charge is 2.62. The van der Waals surface area contributed by atoms with Crippen LogP contribution in [0.25, 0.3) is 0 Å². The average Bonchev–Trinajstić information content (AvgIpc) is 3.04. The number of fused-ring (bicyclic) bond motifs is 1. The fourth-order valence-corrected chi connectivity index (χ4v) is 4.46. The number of ether oxygens (including phenoxy) is 4. The number of carbonyl (C=O) groups excluding carboxylic acids is 2. The van der Waals surface area contributed by atoms with Gasteiger partial charge in [-0.2, -0.15) is 0 Å². The fraction of sp³-hybridized carbons (Fsp3) is 0.500. The predicted octanol–water partition coefficient (Wildman–Crippen LogP) is 2.89. The van der Waals surface area contributed by atoms with Crippen LogP contribution in [0.4, 0.5) is 0 Å². The first-order valence-electron chi connectivity index (χ1n) is 10.5. The van der Waals surface area contributed by atoms with E-state index in [0.717, 1.165) is 11.1 Å². The first-order chi connectivity index (χ1) is 14.8. The number of benzene rings is 1. The molecule has 2 aliphatic rings. The second-order valence-electron chi connectivity index (χ2n) is 8.32. The summed E-state index contributed by atoms with van der Waals surface area (Å²) in [6.45, 7) is 6.32. The van der Waals surface area contributed by atoms with E-state index in [1.165, 1.54) is 13.4 Å². The Morgan fingerprint density at radius 3 is 2.61 bits per heavy atom. The molecule has 168 valence electrons. The molecule has 1 aliphatic heterocycles. The van der Waals surface area contributed by atoms with Crippen molar-refractivity contribution in [3.05, 3.63) is 59.4 Å². The summed E-state index contributed by atoms with van der Waals surface area (Å²) in [6.07, 6.45) is 3.77. The molecule has 7 nitrogen and oxygen atoms in total. The van der Waals surface area contributed by atoms with Gasteiger partial charge in [0.25, 0.3) is 0 Å². The zero-order chi connectivity index (χ0) is 22.6. The Balaban J connectivity index is 1.75. The summed E-state index contributed by atoms with van der Waals surface area (Å²) in [5, 5.41) is 0. The van der Waals surface area contributed by atoms with Gasteiger partial charge in [-0.05, 0) is 37.8 Å². The normalized spacial score (nSPS) is 28.0. The number of carbonyl (C=O) groups is 2. The van der Waals surface area contributed by atoms with Gasteiger partial charge in [0.15, 0.2) is 0 Å². The summed E-state index contributed by atoms with van der Waals surface area (Å²) >= 11 is 0. The van der Waals surface area contributed by atoms with Crippen LogP contribution >= 0.6 is 0 Å². The molecular weight excluding hydrogens is 398 g/mol. The Labute approximate surface area is 183 Å². The van der Waals surface area contributed by atoms with E-state index in [1.54, 1.807) is 0 Å². The molecule has 0 aromatic heterocycles. The molecule has 0 saturated heterocycles. The van der Waals surface area contributed by atoms with Gasteiger partial charge < -0.3 is 24.7 Å². The lowest BCUT2D eigenvalue weighted by molar-refractivity contribution is -0.202. The number of hydrogen-bond donors (Lipinski definition) is 1. The van der Waals surface area contributed by atoms with E-state index in [2.05, 4.69) is 0 Å². The molecule has 1 aromatic carbocycles. The SMILES string of the molecule is CCO[C@@H]1OC=C(C(=O)OC)[C@@]2(C)CC=C(COC(=O)[C@@H](N)Cc3ccccc3)[C@@]12C. The number of allylic oxidation sites excluding steroid dienone is 1. The van der Waals surface area contributed by atoms with E-state index in [9.17, 15) is 9.59 Å². The highest BCUT2D eigenvalue weighted by molar-refractivity contribution is 5.90. The summed E-state index contributed by atoms with van der Waals surface area (Å²) in [6, 6.07) is 8.80. The number of hydrogen-bond acceptors (Lipinski definition) is 7. The van der Waals surface area contributed by atoms with Crippen LogP contribution in [0, 0.1) is 10.8 Å². The van der Waals surface area contributed by atoms with Crippen molar-refractivity contribution >= 4 is 11.9 Å². The molecule has 0 unspecified atom stereocenters. The minimum atomic E-state index is -0.764. The molecule has 7 heteroatoms. The fourth-order valence-electron chi connectivity index (χ4n) is 4.46. The summed E-state index contributed by atoms with van der Waals surface area (Å²) in [5.74, 6) is -0.921. The predicted molar refractivity (Wildman–Crippen MR) is 115 cm³/mol. The molecule has 3 rings (SSSR count). The van der Waals surface area contributed by atoms with Crippen molar-refractivity contribution in [3.8, 4) is 0 Å². The molecule has 4 atom stereocenters. The monoisotopic (exact) mass is 429 g/mol. The van der Waals surface area contributed by atoms with Gasteiger partial charge >= 0.3 is 11.9 Å². The van der Waals surface area contributed by atoms with Crippen LogP contribution in [0.2, 0.25) is 0 Å². The number of esters is 2. The van der Waals surface area contributed by atoms with Crippen LogP contribution in [0.15, 0.2) is 53.8 Å². The summed E-state index contributed by atoms with van der Waals surface area (Å²) in [7, 11) is 1.34. The van der Waals surface area contributed by atoms with Gasteiger partial charge in [-0.1, -0.05) is 43.3 Å². The summed E-state index contributed by atoms with van der Waals surface area (Å²) < 4.78 is 22.2. The Kier molecular flexibility index (Phi) is 6.86. The zero-order valence-corrected chi connectivity index (χ0v) is 18.6. The third-order valence-corrected chi connectivity index (χ3v) is 6.64. The second-order valence-corrected chi connectivity index (χ2v) is 8.32. The van der Waals surface area contributed by atoms with Gasteiger partial charge in [0.2, 0.25) is 6.29 Å². The smallest absolute Gasteiger partial charge is 0.337 e. The zero-order valence-electron chi connectivity index (χ0n) is 18.6. The van der Waals surface area contributed by atoms with Crippen molar-refractivity contribution in [1.29, 1.82) is 0 Å². The molecule has 31 heavy (non-hydrogen) atoms. The van der Waals surface area contributed by atoms with Crippen LogP contribution in [-0.2, 0) is 35.0 Å². The van der Waals surface area contributed by atoms with Crippen molar-refractivity contribution in [1.82, 2.24) is 0 Å². The van der Waals surface area contributed by atoms with E-state index in [4.69, 9.17) is 24.7 Å². The van der Waals surface area contributed by atoms with Gasteiger partial charge in [-0.15, -0.1) is 0 Å². The molecular formula is C24H31NO6. The Hall–Kier alpha value is -2.64. The minimum Gasteiger partial charge on any atom is -0.471 e. The molecule has 0 saturated carbocycles. The number of rotatable bonds is 8. The summed E-state index contributed by atoms with van der Waals surface area (Å²) in [5.41, 5.74) is 6.97. The topological polar surface area (TPSA) is 97.1 Å². The van der Waals surface area contributed by atoms with E-state index in [-0.39, 0.29) is 6.61 Å². The molecule has 0 spiro atoms. The molecule has 0 bridgehead atoms. The van der Waals surface area contributed by atoms with Gasteiger partial charge in [0.1, 0.15) is 12.6 Å². The Morgan fingerprint density at radius 2 is 1.97 bits per heavy atom. The van der Waals surface area contributed by atoms with Crippen molar-refractivity contribution < 1.29 is 28.5 Å². The first-order valence-corrected chi connectivity index (χ1v) is 10.5. The third kappa shape index (κ3) is 4.12. The van der Waals surface area contributed by atoms with Crippen LogP contribution < -0.4 is 5.73 Å². The quantitative estimate of drug-likeness (QED) is 0.501. The number of nitrogens with two attached hydrogens (primary N) is 1. The lowest BCUT2D eigenvalue weighted by Crippen LogP contribution is -2.52. The molecule has 0 amide bonds. The third-order valence-electron chi connectivity index (χ3n) is 6.64. The molecule has 2 N–H and O–H groups in total. The van der Waals surface area contributed by atoms with E-state index in [1.807, 2.05) is 57.2 Å². The maximum Gasteiger partial charge on any atom is 0.337 e. The van der Waals surface area contributed by atoms with E-state index in [0.29, 0.717) is 25.0 Å². The molecule has 0 fully saturated rings. The number of methoxy groups -OCH3 is 1. The van der Waals surface area contributed by atoms with Crippen molar-refractivity contribution in [2.45, 2.75) is 45.9 Å². The van der Waals surface area contributed by atoms with Crippen LogP contribution in [0.1, 0.15) is 32.8 Å².